The number of nitrogens with one attached hydrogen (secondary N) is 1. The molecule has 0 saturated carbocycles. The Labute approximate surface area is 149 Å². The molecule has 0 aliphatic carbocycles. The summed E-state index contributed by atoms with van der Waals surface area (Å²) in [6.45, 7) is 4.82. The van der Waals surface area contributed by atoms with Gasteiger partial charge in [0, 0.05) is 13.0 Å². The van der Waals surface area contributed by atoms with Crippen LogP contribution in [0.3, 0.4) is 0 Å². The van der Waals surface area contributed by atoms with Crippen LogP contribution in [0.4, 0.5) is 0 Å². The monoisotopic (exact) mass is 329 g/mol. The summed E-state index contributed by atoms with van der Waals surface area (Å²) in [5.74, 6) is 0.157. The smallest absolute Gasteiger partial charge is 0.219 e. The molecular formula is C22H35NO. The highest BCUT2D eigenvalue weighted by Crippen LogP contribution is 1.99. The van der Waals surface area contributed by atoms with Gasteiger partial charge in [-0.1, -0.05) is 67.7 Å². The second-order valence-electron chi connectivity index (χ2n) is 5.55. The molecule has 0 aromatic carbocycles. The fraction of sp³-hybridized carbons (Fsp3) is 0.500. The van der Waals surface area contributed by atoms with Gasteiger partial charge in [0.05, 0.1) is 0 Å². The number of hydrogen-bond donors (Lipinski definition) is 1. The Morgan fingerprint density at radius 2 is 1.17 bits per heavy atom. The number of unbranched alkanes of at least 4 members (excludes halogenated alkanes) is 1. The molecule has 0 heterocycles. The largest absolute Gasteiger partial charge is 0.356 e. The number of amides is 1. The fourth-order valence-electron chi connectivity index (χ4n) is 2.03. The second-order valence-corrected chi connectivity index (χ2v) is 5.55. The number of allylic oxidation sites excluding steroid dienone is 10. The van der Waals surface area contributed by atoms with Gasteiger partial charge < -0.3 is 5.32 Å². The van der Waals surface area contributed by atoms with Gasteiger partial charge in [0.1, 0.15) is 0 Å². The predicted molar refractivity (Wildman–Crippen MR) is 107 cm³/mol. The Kier molecular flexibility index (Phi) is 17.8. The van der Waals surface area contributed by atoms with Gasteiger partial charge >= 0.3 is 0 Å². The minimum Gasteiger partial charge on any atom is -0.356 e. The highest BCUT2D eigenvalue weighted by Gasteiger charge is 1.96. The Bertz CT molecular complexity index is 427. The SMILES string of the molecule is CCC=CCC=CCC=CCC=CCC=CCCCC(=O)NCC. The van der Waals surface area contributed by atoms with Gasteiger partial charge in [-0.15, -0.1) is 0 Å². The summed E-state index contributed by atoms with van der Waals surface area (Å²) in [7, 11) is 0. The van der Waals surface area contributed by atoms with Crippen LogP contribution in [0.25, 0.3) is 0 Å². The van der Waals surface area contributed by atoms with Crippen LogP contribution in [0.1, 0.15) is 65.2 Å². The van der Waals surface area contributed by atoms with E-state index in [0.717, 1.165) is 51.5 Å². The molecule has 24 heavy (non-hydrogen) atoms. The van der Waals surface area contributed by atoms with Crippen molar-refractivity contribution in [3.05, 3.63) is 60.8 Å². The van der Waals surface area contributed by atoms with Crippen molar-refractivity contribution in [2.45, 2.75) is 65.2 Å². The Hall–Kier alpha value is -1.83. The average Bonchev–Trinajstić information content (AvgIpc) is 2.58. The van der Waals surface area contributed by atoms with E-state index in [2.05, 4.69) is 73.0 Å². The summed E-state index contributed by atoms with van der Waals surface area (Å²) in [5, 5.41) is 2.81. The molecule has 0 spiro atoms. The molecule has 2 heteroatoms. The third kappa shape index (κ3) is 18.2. The lowest BCUT2D eigenvalue weighted by Crippen LogP contribution is -2.21. The molecule has 0 radical (unpaired) electrons. The third-order valence-corrected chi connectivity index (χ3v) is 3.31. The maximum absolute atomic E-state index is 11.2. The summed E-state index contributed by atoms with van der Waals surface area (Å²) in [5.41, 5.74) is 0. The Morgan fingerprint density at radius 3 is 1.62 bits per heavy atom. The van der Waals surface area contributed by atoms with Gasteiger partial charge in [0.2, 0.25) is 5.91 Å². The molecule has 0 unspecified atom stereocenters. The molecular weight excluding hydrogens is 294 g/mol. The van der Waals surface area contributed by atoms with Gasteiger partial charge in [0.15, 0.2) is 0 Å². The molecule has 0 aromatic heterocycles. The van der Waals surface area contributed by atoms with Crippen molar-refractivity contribution in [3.63, 3.8) is 0 Å². The normalized spacial score (nSPS) is 12.6. The van der Waals surface area contributed by atoms with Crippen LogP contribution in [0.2, 0.25) is 0 Å². The maximum Gasteiger partial charge on any atom is 0.219 e. The van der Waals surface area contributed by atoms with Crippen LogP contribution >= 0.6 is 0 Å². The van der Waals surface area contributed by atoms with E-state index in [-0.39, 0.29) is 5.91 Å². The van der Waals surface area contributed by atoms with Crippen LogP contribution in [0.5, 0.6) is 0 Å². The second kappa shape index (κ2) is 19.2. The first kappa shape index (κ1) is 22.2. The van der Waals surface area contributed by atoms with Crippen molar-refractivity contribution in [2.24, 2.45) is 0 Å². The van der Waals surface area contributed by atoms with E-state index in [9.17, 15) is 4.79 Å². The number of rotatable bonds is 14. The molecule has 0 fully saturated rings. The van der Waals surface area contributed by atoms with Crippen LogP contribution in [-0.4, -0.2) is 12.5 Å². The molecule has 134 valence electrons. The van der Waals surface area contributed by atoms with Crippen molar-refractivity contribution < 1.29 is 4.79 Å². The average molecular weight is 330 g/mol. The highest BCUT2D eigenvalue weighted by atomic mass is 16.1. The fourth-order valence-corrected chi connectivity index (χ4v) is 2.03. The molecule has 0 saturated heterocycles. The van der Waals surface area contributed by atoms with E-state index in [4.69, 9.17) is 0 Å². The van der Waals surface area contributed by atoms with Crippen LogP contribution in [0.15, 0.2) is 60.8 Å². The van der Waals surface area contributed by atoms with Gasteiger partial charge in [-0.25, -0.2) is 0 Å². The van der Waals surface area contributed by atoms with Crippen LogP contribution in [0, 0.1) is 0 Å². The van der Waals surface area contributed by atoms with E-state index in [1.54, 1.807) is 0 Å². The zero-order valence-corrected chi connectivity index (χ0v) is 15.5. The molecule has 0 bridgehead atoms. The van der Waals surface area contributed by atoms with Gasteiger partial charge in [-0.2, -0.15) is 0 Å². The summed E-state index contributed by atoms with van der Waals surface area (Å²) in [4.78, 5) is 11.2. The Balaban J connectivity index is 3.48. The first-order valence-electron chi connectivity index (χ1n) is 9.32. The van der Waals surface area contributed by atoms with Crippen molar-refractivity contribution in [2.75, 3.05) is 6.54 Å². The lowest BCUT2D eigenvalue weighted by atomic mass is 10.2. The molecule has 0 aliphatic heterocycles. The molecule has 1 N–H and O–H groups in total. The zero-order valence-electron chi connectivity index (χ0n) is 15.5. The first-order valence-corrected chi connectivity index (χ1v) is 9.32. The summed E-state index contributed by atoms with van der Waals surface area (Å²) in [6, 6.07) is 0. The number of carbonyl (C=O) groups excluding carboxylic acids is 1. The first-order chi connectivity index (χ1) is 11.8. The third-order valence-electron chi connectivity index (χ3n) is 3.31. The highest BCUT2D eigenvalue weighted by molar-refractivity contribution is 5.75. The van der Waals surface area contributed by atoms with Crippen LogP contribution < -0.4 is 5.32 Å². The van der Waals surface area contributed by atoms with Gasteiger partial charge in [-0.05, 0) is 51.9 Å². The standard InChI is InChI=1S/C22H35NO/c1-3-5-6-7-8-9-10-11-12-13-14-15-16-17-18-19-20-21-22(24)23-4-2/h5-6,8-9,11-12,14-15,17-18H,3-4,7,10,13,16,19-21H2,1-2H3,(H,23,24). The summed E-state index contributed by atoms with van der Waals surface area (Å²) in [6.07, 6.45) is 29.6. The van der Waals surface area contributed by atoms with E-state index in [1.807, 2.05) is 6.92 Å². The van der Waals surface area contributed by atoms with E-state index in [1.165, 1.54) is 0 Å². The van der Waals surface area contributed by atoms with Crippen LogP contribution in [-0.2, 0) is 4.79 Å². The van der Waals surface area contributed by atoms with Crippen molar-refractivity contribution in [1.82, 2.24) is 5.32 Å². The lowest BCUT2D eigenvalue weighted by molar-refractivity contribution is -0.121. The van der Waals surface area contributed by atoms with Gasteiger partial charge in [-0.3, -0.25) is 4.79 Å². The quantitative estimate of drug-likeness (QED) is 0.305. The summed E-state index contributed by atoms with van der Waals surface area (Å²) < 4.78 is 0. The maximum atomic E-state index is 11.2. The molecule has 0 aliphatic rings. The Morgan fingerprint density at radius 1 is 0.708 bits per heavy atom. The summed E-state index contributed by atoms with van der Waals surface area (Å²) >= 11 is 0. The number of hydrogen-bond acceptors (Lipinski definition) is 1. The van der Waals surface area contributed by atoms with E-state index in [0.29, 0.717) is 6.42 Å². The van der Waals surface area contributed by atoms with Gasteiger partial charge in [0.25, 0.3) is 0 Å². The van der Waals surface area contributed by atoms with E-state index < -0.39 is 0 Å². The minimum atomic E-state index is 0.157. The molecule has 2 nitrogen and oxygen atoms in total. The van der Waals surface area contributed by atoms with Crippen molar-refractivity contribution >= 4 is 5.91 Å². The topological polar surface area (TPSA) is 29.1 Å². The lowest BCUT2D eigenvalue weighted by Gasteiger charge is -1.99. The molecule has 1 amide bonds. The zero-order chi connectivity index (χ0) is 17.7. The number of carbonyl (C=O) groups is 1. The molecule has 0 aromatic rings. The minimum absolute atomic E-state index is 0.157. The molecule has 0 atom stereocenters. The van der Waals surface area contributed by atoms with Crippen molar-refractivity contribution in [1.29, 1.82) is 0 Å². The van der Waals surface area contributed by atoms with E-state index >= 15 is 0 Å². The van der Waals surface area contributed by atoms with Crippen molar-refractivity contribution in [3.8, 4) is 0 Å². The predicted octanol–water partition coefficient (Wildman–Crippen LogP) is 6.04. The molecule has 0 rings (SSSR count).